The van der Waals surface area contributed by atoms with E-state index in [4.69, 9.17) is 4.74 Å². The molecule has 2 aromatic carbocycles. The first-order chi connectivity index (χ1) is 13.0. The minimum Gasteiger partial charge on any atom is -0.493 e. The third-order valence-corrected chi connectivity index (χ3v) is 4.81. The average Bonchev–Trinajstić information content (AvgIpc) is 2.67. The Balaban J connectivity index is 2.29. The van der Waals surface area contributed by atoms with E-state index in [0.717, 1.165) is 18.4 Å². The van der Waals surface area contributed by atoms with Gasteiger partial charge in [0, 0.05) is 17.5 Å². The lowest BCUT2D eigenvalue weighted by Crippen LogP contribution is -2.00. The Morgan fingerprint density at radius 3 is 2.22 bits per heavy atom. The van der Waals surface area contributed by atoms with E-state index in [1.165, 1.54) is 25.5 Å². The molecule has 0 fully saturated rings. The van der Waals surface area contributed by atoms with Crippen LogP contribution in [0.1, 0.15) is 50.7 Å². The Morgan fingerprint density at radius 1 is 0.963 bits per heavy atom. The highest BCUT2D eigenvalue weighted by Crippen LogP contribution is 2.34. The summed E-state index contributed by atoms with van der Waals surface area (Å²) in [5.74, 6) is -0.477. The van der Waals surface area contributed by atoms with Crippen molar-refractivity contribution in [2.45, 2.75) is 52.4 Å². The van der Waals surface area contributed by atoms with Gasteiger partial charge in [0.25, 0.3) is 6.08 Å². The van der Waals surface area contributed by atoms with Gasteiger partial charge in [-0.2, -0.15) is 8.78 Å². The second kappa shape index (κ2) is 10.2. The minimum atomic E-state index is -1.71. The molecule has 1 nitrogen and oxygen atoms in total. The monoisotopic (exact) mass is 376 g/mol. The second-order valence-corrected chi connectivity index (χ2v) is 6.67. The van der Waals surface area contributed by atoms with Crippen molar-refractivity contribution in [2.24, 2.45) is 0 Å². The van der Waals surface area contributed by atoms with Crippen molar-refractivity contribution < 1.29 is 17.9 Å². The molecule has 0 aliphatic rings. The smallest absolute Gasteiger partial charge is 0.269 e. The van der Waals surface area contributed by atoms with Crippen LogP contribution in [-0.2, 0) is 12.8 Å². The Morgan fingerprint density at radius 2 is 1.67 bits per heavy atom. The van der Waals surface area contributed by atoms with Crippen LogP contribution in [0.15, 0.2) is 48.1 Å². The molecule has 4 heteroatoms. The highest BCUT2D eigenvalue weighted by Gasteiger charge is 2.17. The number of allylic oxidation sites excluding steroid dienone is 1. The molecule has 0 heterocycles. The predicted molar refractivity (Wildman–Crippen MR) is 105 cm³/mol. The van der Waals surface area contributed by atoms with Gasteiger partial charge in [0.2, 0.25) is 0 Å². The molecule has 0 radical (unpaired) electrons. The quantitative estimate of drug-likeness (QED) is 0.416. The Bertz CT molecular complexity index is 775. The number of hydrogen-bond acceptors (Lipinski definition) is 1. The van der Waals surface area contributed by atoms with Crippen LogP contribution < -0.4 is 4.74 Å². The number of unbranched alkanes of at least 4 members (excludes halogenated alkanes) is 2. The van der Waals surface area contributed by atoms with Crippen molar-refractivity contribution in [3.63, 3.8) is 0 Å². The lowest BCUT2D eigenvalue weighted by Gasteiger charge is -2.14. The molecule has 2 aromatic rings. The molecule has 0 saturated carbocycles. The van der Waals surface area contributed by atoms with E-state index < -0.39 is 11.9 Å². The van der Waals surface area contributed by atoms with Crippen molar-refractivity contribution in [2.75, 3.05) is 7.11 Å². The van der Waals surface area contributed by atoms with Gasteiger partial charge in [-0.15, -0.1) is 0 Å². The van der Waals surface area contributed by atoms with Crippen molar-refractivity contribution in [3.8, 4) is 16.9 Å². The molecule has 0 spiro atoms. The molecule has 0 atom stereocenters. The predicted octanol–water partition coefficient (Wildman–Crippen LogP) is 7.34. The number of benzene rings is 2. The van der Waals surface area contributed by atoms with Crippen LogP contribution in [-0.4, -0.2) is 7.11 Å². The number of aryl methyl sites for hydroxylation is 1. The first kappa shape index (κ1) is 21.1. The molecular formula is C23H27F3O. The van der Waals surface area contributed by atoms with Gasteiger partial charge in [-0.1, -0.05) is 63.1 Å². The summed E-state index contributed by atoms with van der Waals surface area (Å²) in [4.78, 5) is 0. The van der Waals surface area contributed by atoms with E-state index in [0.29, 0.717) is 11.1 Å². The maximum Gasteiger partial charge on any atom is 0.269 e. The summed E-state index contributed by atoms with van der Waals surface area (Å²) in [6.07, 6.45) is 3.02. The zero-order valence-corrected chi connectivity index (χ0v) is 16.2. The van der Waals surface area contributed by atoms with Crippen LogP contribution in [0.3, 0.4) is 0 Å². The van der Waals surface area contributed by atoms with Crippen molar-refractivity contribution in [1.82, 2.24) is 0 Å². The van der Waals surface area contributed by atoms with Gasteiger partial charge < -0.3 is 4.74 Å². The average molecular weight is 376 g/mol. The molecule has 146 valence electrons. The third kappa shape index (κ3) is 5.38. The van der Waals surface area contributed by atoms with E-state index in [9.17, 15) is 13.2 Å². The number of methoxy groups -OCH3 is 1. The molecule has 2 rings (SSSR count). The Hall–Kier alpha value is -2.23. The van der Waals surface area contributed by atoms with E-state index in [2.05, 4.69) is 6.92 Å². The molecule has 0 amide bonds. The first-order valence-corrected chi connectivity index (χ1v) is 9.49. The highest BCUT2D eigenvalue weighted by molar-refractivity contribution is 5.67. The molecule has 0 unspecified atom stereocenters. The maximum absolute atomic E-state index is 15.0. The molecule has 0 saturated heterocycles. The van der Waals surface area contributed by atoms with E-state index >= 15 is 0 Å². The van der Waals surface area contributed by atoms with Crippen LogP contribution in [0.5, 0.6) is 5.75 Å². The maximum atomic E-state index is 15.0. The SMILES string of the molecule is CCCCCc1ccc(-c2ccc(CC(CC)=C(F)F)c(OC)c2F)cc1. The molecule has 0 aliphatic carbocycles. The van der Waals surface area contributed by atoms with Crippen LogP contribution >= 0.6 is 0 Å². The van der Waals surface area contributed by atoms with Gasteiger partial charge in [-0.3, -0.25) is 0 Å². The largest absolute Gasteiger partial charge is 0.493 e. The third-order valence-electron chi connectivity index (χ3n) is 4.81. The highest BCUT2D eigenvalue weighted by atomic mass is 19.3. The lowest BCUT2D eigenvalue weighted by molar-refractivity contribution is 0.380. The Kier molecular flexibility index (Phi) is 7.96. The van der Waals surface area contributed by atoms with Crippen molar-refractivity contribution in [3.05, 3.63) is 65.0 Å². The molecule has 0 aliphatic heterocycles. The second-order valence-electron chi connectivity index (χ2n) is 6.67. The number of ether oxygens (including phenoxy) is 1. The zero-order chi connectivity index (χ0) is 19.8. The van der Waals surface area contributed by atoms with Gasteiger partial charge in [0.15, 0.2) is 11.6 Å². The fraction of sp³-hybridized carbons (Fsp3) is 0.391. The van der Waals surface area contributed by atoms with Crippen LogP contribution in [0.4, 0.5) is 13.2 Å². The molecule has 27 heavy (non-hydrogen) atoms. The summed E-state index contributed by atoms with van der Waals surface area (Å²) in [6.45, 7) is 3.83. The molecule has 0 N–H and O–H groups in total. The number of rotatable bonds is 9. The molecule has 0 aromatic heterocycles. The van der Waals surface area contributed by atoms with E-state index in [1.54, 1.807) is 19.1 Å². The van der Waals surface area contributed by atoms with E-state index in [1.807, 2.05) is 24.3 Å². The molecular weight excluding hydrogens is 349 g/mol. The van der Waals surface area contributed by atoms with Crippen molar-refractivity contribution >= 4 is 0 Å². The summed E-state index contributed by atoms with van der Waals surface area (Å²) in [5, 5.41) is 0. The topological polar surface area (TPSA) is 9.23 Å². The lowest BCUT2D eigenvalue weighted by atomic mass is 9.96. The van der Waals surface area contributed by atoms with Gasteiger partial charge >= 0.3 is 0 Å². The first-order valence-electron chi connectivity index (χ1n) is 9.49. The number of halogens is 3. The fourth-order valence-corrected chi connectivity index (χ4v) is 3.16. The van der Waals surface area contributed by atoms with Gasteiger partial charge in [0.1, 0.15) is 0 Å². The summed E-state index contributed by atoms with van der Waals surface area (Å²) >= 11 is 0. The van der Waals surface area contributed by atoms with Gasteiger partial charge in [0.05, 0.1) is 7.11 Å². The van der Waals surface area contributed by atoms with Crippen LogP contribution in [0, 0.1) is 5.82 Å². The standard InChI is InChI=1S/C23H27F3O/c1-4-6-7-8-16-9-11-18(12-10-16)20-14-13-19(22(27-3)21(20)24)15-17(5-2)23(25)26/h9-14H,4-8,15H2,1-3H3. The molecule has 0 bridgehead atoms. The summed E-state index contributed by atoms with van der Waals surface area (Å²) in [7, 11) is 1.36. The minimum absolute atomic E-state index is 0.00289. The van der Waals surface area contributed by atoms with Crippen molar-refractivity contribution in [1.29, 1.82) is 0 Å². The summed E-state index contributed by atoms with van der Waals surface area (Å²) in [5.41, 5.74) is 2.82. The summed E-state index contributed by atoms with van der Waals surface area (Å²) in [6, 6.07) is 11.1. The fourth-order valence-electron chi connectivity index (χ4n) is 3.16. The zero-order valence-electron chi connectivity index (χ0n) is 16.2. The van der Waals surface area contributed by atoms with Gasteiger partial charge in [-0.25, -0.2) is 4.39 Å². The normalized spacial score (nSPS) is 10.7. The van der Waals surface area contributed by atoms with Gasteiger partial charge in [-0.05, 0) is 36.0 Å². The van der Waals surface area contributed by atoms with Crippen LogP contribution in [0.2, 0.25) is 0 Å². The van der Waals surface area contributed by atoms with Crippen LogP contribution in [0.25, 0.3) is 11.1 Å². The summed E-state index contributed by atoms with van der Waals surface area (Å²) < 4.78 is 46.1. The van der Waals surface area contributed by atoms with E-state index in [-0.39, 0.29) is 24.2 Å². The number of hydrogen-bond donors (Lipinski definition) is 0. The Labute approximate surface area is 159 Å².